The second kappa shape index (κ2) is 7.48. The van der Waals surface area contributed by atoms with Crippen LogP contribution in [0.5, 0.6) is 0 Å². The van der Waals surface area contributed by atoms with Gasteiger partial charge in [0.2, 0.25) is 0 Å². The number of halogens is 1. The third-order valence-electron chi connectivity index (χ3n) is 5.05. The first kappa shape index (κ1) is 17.7. The number of rotatable bonds is 4. The summed E-state index contributed by atoms with van der Waals surface area (Å²) in [5.41, 5.74) is 6.92. The van der Waals surface area contributed by atoms with E-state index in [0.717, 1.165) is 38.2 Å². The molecule has 27 heavy (non-hydrogen) atoms. The van der Waals surface area contributed by atoms with Crippen LogP contribution < -0.4 is 10.6 Å². The number of hydrogen-bond donors (Lipinski definition) is 1. The van der Waals surface area contributed by atoms with Gasteiger partial charge in [-0.3, -0.25) is 4.90 Å². The monoisotopic (exact) mass is 370 g/mol. The molecule has 0 amide bonds. The molecule has 0 spiro atoms. The highest BCUT2D eigenvalue weighted by Crippen LogP contribution is 2.26. The normalized spacial score (nSPS) is 18.2. The van der Waals surface area contributed by atoms with Crippen molar-refractivity contribution < 1.29 is 8.81 Å². The van der Waals surface area contributed by atoms with E-state index in [2.05, 4.69) is 31.8 Å². The zero-order valence-corrected chi connectivity index (χ0v) is 15.3. The van der Waals surface area contributed by atoms with Crippen molar-refractivity contribution in [2.75, 3.05) is 30.8 Å². The Bertz CT molecular complexity index is 929. The lowest BCUT2D eigenvalue weighted by Crippen LogP contribution is -2.33. The fourth-order valence-electron chi connectivity index (χ4n) is 3.58. The van der Waals surface area contributed by atoms with Gasteiger partial charge in [-0.1, -0.05) is 0 Å². The van der Waals surface area contributed by atoms with Crippen LogP contribution in [0.4, 0.5) is 16.2 Å². The van der Waals surface area contributed by atoms with Crippen LogP contribution in [0.25, 0.3) is 11.1 Å². The van der Waals surface area contributed by atoms with E-state index in [1.54, 1.807) is 18.3 Å². The maximum absolute atomic E-state index is 13.4. The Kier molecular flexibility index (Phi) is 4.89. The summed E-state index contributed by atoms with van der Waals surface area (Å²) >= 11 is 0. The minimum absolute atomic E-state index is 0.302. The lowest BCUT2D eigenvalue weighted by Gasteiger charge is -2.26. The van der Waals surface area contributed by atoms with Crippen molar-refractivity contribution in [1.29, 1.82) is 0 Å². The van der Waals surface area contributed by atoms with Crippen LogP contribution in [0.3, 0.4) is 0 Å². The third kappa shape index (κ3) is 4.00. The predicted molar refractivity (Wildman–Crippen MR) is 102 cm³/mol. The number of oxazole rings is 1. The summed E-state index contributed by atoms with van der Waals surface area (Å²) in [4.78, 5) is 17.5. The zero-order valence-electron chi connectivity index (χ0n) is 15.3. The lowest BCUT2D eigenvalue weighted by atomic mass is 10.1. The zero-order chi connectivity index (χ0) is 18.8. The summed E-state index contributed by atoms with van der Waals surface area (Å²) in [5.74, 6) is 0.927. The molecule has 1 atom stereocenters. The van der Waals surface area contributed by atoms with Gasteiger partial charge in [0.1, 0.15) is 23.0 Å². The molecule has 8 heteroatoms. The van der Waals surface area contributed by atoms with Crippen molar-refractivity contribution in [1.82, 2.24) is 19.9 Å². The highest BCUT2D eigenvalue weighted by atomic mass is 19.1. The molecule has 1 fully saturated rings. The first-order chi connectivity index (χ1) is 13.1. The standard InChI is InChI=1S/C19H23FN6O/c1-25(12-18-22-8-6-17(21)24-18)14-3-2-9-26(10-7-14)19-23-15-11-13(20)4-5-16(15)27-19/h4-6,8,11,14H,2-3,7,9-10,12H2,1H3,(H2,21,22,24). The molecule has 1 saturated heterocycles. The second-order valence-electron chi connectivity index (χ2n) is 6.99. The van der Waals surface area contributed by atoms with E-state index in [1.165, 1.54) is 12.1 Å². The molecule has 1 aliphatic heterocycles. The van der Waals surface area contributed by atoms with Crippen LogP contribution in [0.1, 0.15) is 25.1 Å². The Morgan fingerprint density at radius 1 is 1.26 bits per heavy atom. The summed E-state index contributed by atoms with van der Waals surface area (Å²) in [7, 11) is 2.09. The van der Waals surface area contributed by atoms with Gasteiger partial charge in [0, 0.05) is 31.4 Å². The summed E-state index contributed by atoms with van der Waals surface area (Å²) in [6.07, 6.45) is 4.77. The van der Waals surface area contributed by atoms with Gasteiger partial charge >= 0.3 is 0 Å². The van der Waals surface area contributed by atoms with E-state index >= 15 is 0 Å². The SMILES string of the molecule is CN(Cc1nccc(N)n1)C1CCCN(c2nc3cc(F)ccc3o2)CC1. The fraction of sp³-hybridized carbons (Fsp3) is 0.421. The average molecular weight is 370 g/mol. The first-order valence-corrected chi connectivity index (χ1v) is 9.17. The number of anilines is 2. The minimum atomic E-state index is -0.302. The molecule has 4 rings (SSSR count). The van der Waals surface area contributed by atoms with Crippen LogP contribution in [0.15, 0.2) is 34.9 Å². The molecule has 2 aromatic heterocycles. The highest BCUT2D eigenvalue weighted by Gasteiger charge is 2.23. The number of hydrogen-bond acceptors (Lipinski definition) is 7. The van der Waals surface area contributed by atoms with Gasteiger partial charge in [-0.2, -0.15) is 4.98 Å². The minimum Gasteiger partial charge on any atom is -0.423 e. The van der Waals surface area contributed by atoms with Gasteiger partial charge in [0.15, 0.2) is 5.58 Å². The van der Waals surface area contributed by atoms with E-state index in [9.17, 15) is 4.39 Å². The van der Waals surface area contributed by atoms with Gasteiger partial charge < -0.3 is 15.1 Å². The Morgan fingerprint density at radius 3 is 3.00 bits per heavy atom. The first-order valence-electron chi connectivity index (χ1n) is 9.17. The van der Waals surface area contributed by atoms with Gasteiger partial charge in [-0.15, -0.1) is 0 Å². The summed E-state index contributed by atoms with van der Waals surface area (Å²) in [6, 6.07) is 7.10. The van der Waals surface area contributed by atoms with E-state index in [4.69, 9.17) is 10.2 Å². The lowest BCUT2D eigenvalue weighted by molar-refractivity contribution is 0.212. The third-order valence-corrected chi connectivity index (χ3v) is 5.05. The van der Waals surface area contributed by atoms with Gasteiger partial charge in [0.05, 0.1) is 6.54 Å². The summed E-state index contributed by atoms with van der Waals surface area (Å²) < 4.78 is 19.2. The predicted octanol–water partition coefficient (Wildman–Crippen LogP) is 2.83. The Labute approximate surface area is 157 Å². The fourth-order valence-corrected chi connectivity index (χ4v) is 3.58. The smallest absolute Gasteiger partial charge is 0.298 e. The molecule has 0 radical (unpaired) electrons. The molecule has 7 nitrogen and oxygen atoms in total. The molecule has 3 aromatic rings. The van der Waals surface area contributed by atoms with Gasteiger partial charge in [-0.25, -0.2) is 14.4 Å². The molecule has 142 valence electrons. The Hall–Kier alpha value is -2.74. The van der Waals surface area contributed by atoms with Crippen molar-refractivity contribution in [2.45, 2.75) is 31.8 Å². The molecule has 1 aromatic carbocycles. The van der Waals surface area contributed by atoms with Crippen LogP contribution in [-0.2, 0) is 6.54 Å². The number of nitrogens with two attached hydrogens (primary N) is 1. The van der Waals surface area contributed by atoms with Crippen molar-refractivity contribution in [3.8, 4) is 0 Å². The van der Waals surface area contributed by atoms with Crippen LogP contribution in [0.2, 0.25) is 0 Å². The largest absolute Gasteiger partial charge is 0.423 e. The molecule has 0 aliphatic carbocycles. The second-order valence-corrected chi connectivity index (χ2v) is 6.99. The van der Waals surface area contributed by atoms with Crippen LogP contribution in [-0.4, -0.2) is 46.0 Å². The molecular weight excluding hydrogens is 347 g/mol. The maximum Gasteiger partial charge on any atom is 0.298 e. The van der Waals surface area contributed by atoms with Gasteiger partial charge in [0.25, 0.3) is 6.01 Å². The van der Waals surface area contributed by atoms with Crippen molar-refractivity contribution >= 4 is 22.9 Å². The van der Waals surface area contributed by atoms with Crippen molar-refractivity contribution in [3.05, 3.63) is 42.1 Å². The van der Waals surface area contributed by atoms with Crippen LogP contribution >= 0.6 is 0 Å². The van der Waals surface area contributed by atoms with Crippen LogP contribution in [0, 0.1) is 5.82 Å². The molecule has 0 saturated carbocycles. The highest BCUT2D eigenvalue weighted by molar-refractivity contribution is 5.74. The number of benzene rings is 1. The quantitative estimate of drug-likeness (QED) is 0.756. The number of nitrogen functional groups attached to an aromatic ring is 1. The molecule has 2 N–H and O–H groups in total. The molecule has 1 unspecified atom stereocenters. The van der Waals surface area contributed by atoms with E-state index in [-0.39, 0.29) is 5.82 Å². The molecule has 1 aliphatic rings. The van der Waals surface area contributed by atoms with Crippen molar-refractivity contribution in [2.24, 2.45) is 0 Å². The molecule has 0 bridgehead atoms. The Balaban J connectivity index is 1.42. The van der Waals surface area contributed by atoms with Gasteiger partial charge in [-0.05, 0) is 44.5 Å². The summed E-state index contributed by atoms with van der Waals surface area (Å²) in [5, 5.41) is 0. The average Bonchev–Trinajstić information content (AvgIpc) is 2.89. The number of aromatic nitrogens is 3. The maximum atomic E-state index is 13.4. The topological polar surface area (TPSA) is 84.3 Å². The van der Waals surface area contributed by atoms with E-state index in [0.29, 0.717) is 35.5 Å². The number of nitrogens with zero attached hydrogens (tertiary/aromatic N) is 5. The van der Waals surface area contributed by atoms with Crippen molar-refractivity contribution in [3.63, 3.8) is 0 Å². The number of fused-ring (bicyclic) bond motifs is 1. The molecular formula is C19H23FN6O. The van der Waals surface area contributed by atoms with E-state index in [1.807, 2.05) is 0 Å². The Morgan fingerprint density at radius 2 is 2.15 bits per heavy atom. The molecule has 3 heterocycles. The summed E-state index contributed by atoms with van der Waals surface area (Å²) in [6.45, 7) is 2.37. The van der Waals surface area contributed by atoms with E-state index < -0.39 is 0 Å².